The summed E-state index contributed by atoms with van der Waals surface area (Å²) in [5.74, 6) is 0.762. The van der Waals surface area contributed by atoms with Gasteiger partial charge in [0.2, 0.25) is 0 Å². The molecule has 2 aromatic rings. The fourth-order valence-electron chi connectivity index (χ4n) is 1.98. The average molecular weight is 330 g/mol. The molecule has 1 aromatic heterocycles. The first kappa shape index (κ1) is 16.8. The standard InChI is InChI=1S/C17H18N2O3S/c1-12-6-7-23-16(12)10-19(2)17(20)11-22-14-5-4-13(9-18)8-15(14)21-3/h4-8H,10-11H2,1-3H3. The minimum absolute atomic E-state index is 0.0802. The number of nitrogens with zero attached hydrogens (tertiary/aromatic N) is 2. The summed E-state index contributed by atoms with van der Waals surface area (Å²) in [5, 5.41) is 10.9. The maximum absolute atomic E-state index is 12.2. The third-order valence-corrected chi connectivity index (χ3v) is 4.43. The Labute approximate surface area is 139 Å². The Bertz CT molecular complexity index is 734. The number of hydrogen-bond acceptors (Lipinski definition) is 5. The molecule has 0 fully saturated rings. The molecule has 0 aliphatic heterocycles. The van der Waals surface area contributed by atoms with E-state index >= 15 is 0 Å². The summed E-state index contributed by atoms with van der Waals surface area (Å²) < 4.78 is 10.7. The van der Waals surface area contributed by atoms with Crippen molar-refractivity contribution in [2.75, 3.05) is 20.8 Å². The van der Waals surface area contributed by atoms with Crippen LogP contribution in [0.25, 0.3) is 0 Å². The molecule has 120 valence electrons. The van der Waals surface area contributed by atoms with Crippen LogP contribution in [0.2, 0.25) is 0 Å². The predicted octanol–water partition coefficient (Wildman–Crippen LogP) is 2.97. The molecule has 23 heavy (non-hydrogen) atoms. The van der Waals surface area contributed by atoms with Gasteiger partial charge in [0, 0.05) is 18.0 Å². The molecule has 6 heteroatoms. The second kappa shape index (κ2) is 7.65. The fraction of sp³-hybridized carbons (Fsp3) is 0.294. The number of carbonyl (C=O) groups is 1. The lowest BCUT2D eigenvalue weighted by atomic mass is 10.2. The molecule has 5 nitrogen and oxygen atoms in total. The van der Waals surface area contributed by atoms with E-state index in [1.165, 1.54) is 12.7 Å². The van der Waals surface area contributed by atoms with Gasteiger partial charge in [-0.25, -0.2) is 0 Å². The van der Waals surface area contributed by atoms with E-state index in [-0.39, 0.29) is 12.5 Å². The summed E-state index contributed by atoms with van der Waals surface area (Å²) >= 11 is 1.63. The number of aryl methyl sites for hydroxylation is 1. The van der Waals surface area contributed by atoms with Crippen LogP contribution in [0.1, 0.15) is 16.0 Å². The smallest absolute Gasteiger partial charge is 0.260 e. The molecule has 0 spiro atoms. The molecule has 2 rings (SSSR count). The van der Waals surface area contributed by atoms with Crippen molar-refractivity contribution < 1.29 is 14.3 Å². The van der Waals surface area contributed by atoms with E-state index < -0.39 is 0 Å². The zero-order valence-electron chi connectivity index (χ0n) is 13.3. The lowest BCUT2D eigenvalue weighted by Crippen LogP contribution is -2.30. The van der Waals surface area contributed by atoms with Crippen molar-refractivity contribution in [3.05, 3.63) is 45.6 Å². The van der Waals surface area contributed by atoms with E-state index in [9.17, 15) is 4.79 Å². The molecular formula is C17H18N2O3S. The Hall–Kier alpha value is -2.52. The minimum atomic E-state index is -0.121. The number of likely N-dealkylation sites (N-methyl/N-ethyl adjacent to an activating group) is 1. The molecule has 0 saturated heterocycles. The largest absolute Gasteiger partial charge is 0.493 e. The molecule has 1 aromatic carbocycles. The van der Waals surface area contributed by atoms with Crippen molar-refractivity contribution in [2.45, 2.75) is 13.5 Å². The number of thiophene rings is 1. The van der Waals surface area contributed by atoms with Gasteiger partial charge in [-0.2, -0.15) is 5.26 Å². The second-order valence-electron chi connectivity index (χ2n) is 5.04. The Morgan fingerprint density at radius 3 is 2.74 bits per heavy atom. The van der Waals surface area contributed by atoms with Gasteiger partial charge < -0.3 is 14.4 Å². The number of rotatable bonds is 6. The number of benzene rings is 1. The molecular weight excluding hydrogens is 312 g/mol. The summed E-state index contributed by atoms with van der Waals surface area (Å²) in [4.78, 5) is 15.0. The highest BCUT2D eigenvalue weighted by Crippen LogP contribution is 2.27. The normalized spacial score (nSPS) is 10.0. The summed E-state index contributed by atoms with van der Waals surface area (Å²) in [6, 6.07) is 8.91. The summed E-state index contributed by atoms with van der Waals surface area (Å²) in [7, 11) is 3.25. The number of carbonyl (C=O) groups excluding carboxylic acids is 1. The van der Waals surface area contributed by atoms with Gasteiger partial charge in [-0.05, 0) is 36.1 Å². The Balaban J connectivity index is 1.96. The van der Waals surface area contributed by atoms with Crippen LogP contribution in [0.3, 0.4) is 0 Å². The zero-order chi connectivity index (χ0) is 16.8. The van der Waals surface area contributed by atoms with Gasteiger partial charge in [-0.15, -0.1) is 11.3 Å². The topological polar surface area (TPSA) is 62.6 Å². The van der Waals surface area contributed by atoms with Crippen LogP contribution in [0.15, 0.2) is 29.6 Å². The van der Waals surface area contributed by atoms with Gasteiger partial charge in [0.05, 0.1) is 25.3 Å². The van der Waals surface area contributed by atoms with Gasteiger partial charge in [0.25, 0.3) is 5.91 Å². The van der Waals surface area contributed by atoms with Crippen LogP contribution < -0.4 is 9.47 Å². The minimum Gasteiger partial charge on any atom is -0.493 e. The van der Waals surface area contributed by atoms with E-state index in [1.54, 1.807) is 41.5 Å². The predicted molar refractivity (Wildman–Crippen MR) is 88.7 cm³/mol. The Morgan fingerprint density at radius 2 is 2.13 bits per heavy atom. The maximum atomic E-state index is 12.2. The summed E-state index contributed by atoms with van der Waals surface area (Å²) in [5.41, 5.74) is 1.66. The van der Waals surface area contributed by atoms with Gasteiger partial charge >= 0.3 is 0 Å². The van der Waals surface area contributed by atoms with Crippen molar-refractivity contribution in [2.24, 2.45) is 0 Å². The van der Waals surface area contributed by atoms with Crippen LogP contribution >= 0.6 is 11.3 Å². The quantitative estimate of drug-likeness (QED) is 0.817. The number of hydrogen-bond donors (Lipinski definition) is 0. The molecule has 0 bridgehead atoms. The third-order valence-electron chi connectivity index (χ3n) is 3.42. The monoisotopic (exact) mass is 330 g/mol. The highest BCUT2D eigenvalue weighted by molar-refractivity contribution is 7.10. The van der Waals surface area contributed by atoms with E-state index in [2.05, 4.69) is 0 Å². The van der Waals surface area contributed by atoms with Gasteiger partial charge in [-0.3, -0.25) is 4.79 Å². The molecule has 0 N–H and O–H groups in total. The molecule has 0 aliphatic carbocycles. The fourth-order valence-corrected chi connectivity index (χ4v) is 2.93. The Kier molecular flexibility index (Phi) is 5.61. The van der Waals surface area contributed by atoms with Crippen LogP contribution in [-0.2, 0) is 11.3 Å². The van der Waals surface area contributed by atoms with Crippen molar-refractivity contribution in [3.63, 3.8) is 0 Å². The Morgan fingerprint density at radius 1 is 1.35 bits per heavy atom. The summed E-state index contributed by atoms with van der Waals surface area (Å²) in [6.45, 7) is 2.52. The number of amides is 1. The molecule has 0 unspecified atom stereocenters. The third kappa shape index (κ3) is 4.24. The van der Waals surface area contributed by atoms with E-state index in [4.69, 9.17) is 14.7 Å². The summed E-state index contributed by atoms with van der Waals surface area (Å²) in [6.07, 6.45) is 0. The lowest BCUT2D eigenvalue weighted by molar-refractivity contribution is -0.132. The van der Waals surface area contributed by atoms with Crippen LogP contribution in [0.5, 0.6) is 11.5 Å². The average Bonchev–Trinajstić information content (AvgIpc) is 2.97. The molecule has 0 radical (unpaired) electrons. The lowest BCUT2D eigenvalue weighted by Gasteiger charge is -2.18. The molecule has 0 atom stereocenters. The number of nitriles is 1. The van der Waals surface area contributed by atoms with Gasteiger partial charge in [-0.1, -0.05) is 0 Å². The van der Waals surface area contributed by atoms with E-state index in [0.717, 1.165) is 4.88 Å². The first-order valence-corrected chi connectivity index (χ1v) is 7.91. The van der Waals surface area contributed by atoms with Crippen molar-refractivity contribution in [3.8, 4) is 17.6 Å². The highest BCUT2D eigenvalue weighted by Gasteiger charge is 2.14. The molecule has 1 amide bonds. The van der Waals surface area contributed by atoms with Crippen molar-refractivity contribution in [1.29, 1.82) is 5.26 Å². The first-order chi connectivity index (χ1) is 11.0. The van der Waals surface area contributed by atoms with Crippen LogP contribution in [0, 0.1) is 18.3 Å². The zero-order valence-corrected chi connectivity index (χ0v) is 14.1. The molecule has 0 aliphatic rings. The van der Waals surface area contributed by atoms with Gasteiger partial charge in [0.1, 0.15) is 0 Å². The second-order valence-corrected chi connectivity index (χ2v) is 6.04. The van der Waals surface area contributed by atoms with E-state index in [0.29, 0.717) is 23.6 Å². The van der Waals surface area contributed by atoms with Gasteiger partial charge in [0.15, 0.2) is 18.1 Å². The SMILES string of the molecule is COc1cc(C#N)ccc1OCC(=O)N(C)Cc1sccc1C. The molecule has 0 saturated carbocycles. The van der Waals surface area contributed by atoms with Crippen LogP contribution in [0.4, 0.5) is 0 Å². The maximum Gasteiger partial charge on any atom is 0.260 e. The van der Waals surface area contributed by atoms with E-state index in [1.807, 2.05) is 24.4 Å². The van der Waals surface area contributed by atoms with Crippen molar-refractivity contribution in [1.82, 2.24) is 4.90 Å². The molecule has 1 heterocycles. The van der Waals surface area contributed by atoms with Crippen molar-refractivity contribution >= 4 is 17.2 Å². The number of ether oxygens (including phenoxy) is 2. The number of methoxy groups -OCH3 is 1. The first-order valence-electron chi connectivity index (χ1n) is 7.03. The highest BCUT2D eigenvalue weighted by atomic mass is 32.1. The van der Waals surface area contributed by atoms with Crippen LogP contribution in [-0.4, -0.2) is 31.6 Å².